The number of hydrogen-bond donors (Lipinski definition) is 0. The van der Waals surface area contributed by atoms with Crippen LogP contribution in [0.3, 0.4) is 0 Å². The van der Waals surface area contributed by atoms with E-state index in [2.05, 4.69) is 10.7 Å². The lowest BCUT2D eigenvalue weighted by atomic mass is 10.1. The zero-order valence-corrected chi connectivity index (χ0v) is 12.7. The van der Waals surface area contributed by atoms with Crippen LogP contribution in [0.4, 0.5) is 0 Å². The number of rotatable bonds is 5. The highest BCUT2D eigenvalue weighted by Gasteiger charge is 2.19. The fourth-order valence-electron chi connectivity index (χ4n) is 2.22. The molecule has 4 nitrogen and oxygen atoms in total. The molecule has 0 N–H and O–H groups in total. The minimum Gasteiger partial charge on any atom is -0.466 e. The van der Waals surface area contributed by atoms with E-state index in [9.17, 15) is 4.79 Å². The largest absolute Gasteiger partial charge is 0.466 e. The van der Waals surface area contributed by atoms with Crippen LogP contribution in [-0.4, -0.2) is 26.0 Å². The van der Waals surface area contributed by atoms with E-state index in [1.807, 2.05) is 24.3 Å². The van der Waals surface area contributed by atoms with Crippen LogP contribution in [0.5, 0.6) is 0 Å². The van der Waals surface area contributed by atoms with E-state index in [4.69, 9.17) is 15.9 Å². The van der Waals surface area contributed by atoms with Gasteiger partial charge < -0.3 is 14.2 Å². The first-order chi connectivity index (χ1) is 10.7. The number of methoxy groups -OCH3 is 1. The Balaban J connectivity index is 2.13. The summed E-state index contributed by atoms with van der Waals surface area (Å²) in [6.45, 7) is 0.703. The van der Waals surface area contributed by atoms with E-state index in [1.54, 1.807) is 6.08 Å². The van der Waals surface area contributed by atoms with Crippen molar-refractivity contribution in [3.05, 3.63) is 47.5 Å². The third-order valence-corrected chi connectivity index (χ3v) is 3.45. The van der Waals surface area contributed by atoms with Gasteiger partial charge in [-0.1, -0.05) is 18.1 Å². The molecule has 0 aromatic heterocycles. The van der Waals surface area contributed by atoms with Crippen LogP contribution >= 0.6 is 0 Å². The maximum Gasteiger partial charge on any atom is 0.330 e. The van der Waals surface area contributed by atoms with Crippen LogP contribution in [0.25, 0.3) is 0 Å². The van der Waals surface area contributed by atoms with E-state index in [0.717, 1.165) is 30.4 Å². The van der Waals surface area contributed by atoms with Crippen LogP contribution in [-0.2, 0) is 19.0 Å². The van der Waals surface area contributed by atoms with Crippen molar-refractivity contribution < 1.29 is 19.0 Å². The molecule has 1 aliphatic heterocycles. The Kier molecular flexibility index (Phi) is 6.20. The minimum atomic E-state index is -0.418. The first kappa shape index (κ1) is 16.3. The Labute approximate surface area is 131 Å². The van der Waals surface area contributed by atoms with Crippen LogP contribution in [0.15, 0.2) is 36.4 Å². The summed E-state index contributed by atoms with van der Waals surface area (Å²) in [5.74, 6) is 2.16. The first-order valence-corrected chi connectivity index (χ1v) is 7.32. The number of esters is 1. The van der Waals surface area contributed by atoms with Crippen molar-refractivity contribution in [3.8, 4) is 12.3 Å². The molecule has 2 atom stereocenters. The second-order valence-electron chi connectivity index (χ2n) is 5.00. The molecule has 1 heterocycles. The Morgan fingerprint density at radius 3 is 2.77 bits per heavy atom. The number of carbonyl (C=O) groups is 1. The molecule has 1 fully saturated rings. The number of benzene rings is 1. The van der Waals surface area contributed by atoms with Crippen molar-refractivity contribution in [3.63, 3.8) is 0 Å². The Hall–Kier alpha value is -2.09. The molecule has 1 aliphatic rings. The van der Waals surface area contributed by atoms with E-state index in [-0.39, 0.29) is 12.4 Å². The topological polar surface area (TPSA) is 44.8 Å². The van der Waals surface area contributed by atoms with Crippen molar-refractivity contribution >= 4 is 5.97 Å². The minimum absolute atomic E-state index is 0.256. The second-order valence-corrected chi connectivity index (χ2v) is 5.00. The van der Waals surface area contributed by atoms with Gasteiger partial charge in [-0.25, -0.2) is 4.79 Å². The van der Waals surface area contributed by atoms with Gasteiger partial charge in [-0.2, -0.15) is 0 Å². The molecule has 0 radical (unpaired) electrons. The van der Waals surface area contributed by atoms with Crippen molar-refractivity contribution in [2.75, 3.05) is 13.7 Å². The molecule has 4 heteroatoms. The maximum atomic E-state index is 11.3. The molecule has 0 amide bonds. The fourth-order valence-corrected chi connectivity index (χ4v) is 2.22. The number of terminal acetylenes is 1. The number of ether oxygens (including phenoxy) is 3. The monoisotopic (exact) mass is 300 g/mol. The smallest absolute Gasteiger partial charge is 0.330 e. The van der Waals surface area contributed by atoms with Gasteiger partial charge in [0.05, 0.1) is 7.11 Å². The van der Waals surface area contributed by atoms with Crippen LogP contribution in [0.2, 0.25) is 0 Å². The standard InChI is InChI=1S/C18H20O4/c1-3-14-7-9-15(10-8-14)16(11-12-17(19)20-2)22-18-6-4-5-13-21-18/h1,7-12,16,18H,4-6,13H2,2H3/b12-11+/t16-,18?/m1/s1. The molecule has 0 aliphatic carbocycles. The van der Waals surface area contributed by atoms with Crippen molar-refractivity contribution in [1.29, 1.82) is 0 Å². The summed E-state index contributed by atoms with van der Waals surface area (Å²) < 4.78 is 16.2. The summed E-state index contributed by atoms with van der Waals surface area (Å²) in [4.78, 5) is 11.3. The Morgan fingerprint density at radius 2 is 2.18 bits per heavy atom. The van der Waals surface area contributed by atoms with Crippen molar-refractivity contribution in [2.24, 2.45) is 0 Å². The van der Waals surface area contributed by atoms with Gasteiger partial charge in [0, 0.05) is 18.2 Å². The van der Waals surface area contributed by atoms with Crippen LogP contribution < -0.4 is 0 Å². The predicted molar refractivity (Wildman–Crippen MR) is 83.0 cm³/mol. The molecule has 0 saturated carbocycles. The summed E-state index contributed by atoms with van der Waals surface area (Å²) in [5.41, 5.74) is 1.71. The average Bonchev–Trinajstić information content (AvgIpc) is 2.59. The molecule has 2 rings (SSSR count). The highest BCUT2D eigenvalue weighted by atomic mass is 16.7. The highest BCUT2D eigenvalue weighted by Crippen LogP contribution is 2.25. The van der Waals surface area contributed by atoms with Gasteiger partial charge in [0.15, 0.2) is 6.29 Å². The third kappa shape index (κ3) is 4.73. The van der Waals surface area contributed by atoms with Crippen molar-refractivity contribution in [1.82, 2.24) is 0 Å². The quantitative estimate of drug-likeness (QED) is 0.476. The lowest BCUT2D eigenvalue weighted by Crippen LogP contribution is -2.24. The Bertz CT molecular complexity index is 547. The molecule has 0 bridgehead atoms. The third-order valence-electron chi connectivity index (χ3n) is 3.45. The zero-order valence-electron chi connectivity index (χ0n) is 12.7. The van der Waals surface area contributed by atoms with Crippen LogP contribution in [0, 0.1) is 12.3 Å². The second kappa shape index (κ2) is 8.38. The molecular formula is C18H20O4. The normalized spacial score (nSPS) is 19.5. The van der Waals surface area contributed by atoms with E-state index in [1.165, 1.54) is 13.2 Å². The maximum absolute atomic E-state index is 11.3. The van der Waals surface area contributed by atoms with E-state index in [0.29, 0.717) is 6.61 Å². The summed E-state index contributed by atoms with van der Waals surface area (Å²) in [5, 5.41) is 0. The summed E-state index contributed by atoms with van der Waals surface area (Å²) in [6, 6.07) is 7.48. The van der Waals surface area contributed by atoms with Crippen molar-refractivity contribution in [2.45, 2.75) is 31.7 Å². The van der Waals surface area contributed by atoms with Gasteiger partial charge in [0.25, 0.3) is 0 Å². The van der Waals surface area contributed by atoms with Gasteiger partial charge in [-0.15, -0.1) is 6.42 Å². The lowest BCUT2D eigenvalue weighted by Gasteiger charge is -2.26. The molecular weight excluding hydrogens is 280 g/mol. The zero-order chi connectivity index (χ0) is 15.8. The van der Waals surface area contributed by atoms with Gasteiger partial charge in [-0.3, -0.25) is 0 Å². The predicted octanol–water partition coefficient (Wildman–Crippen LogP) is 2.98. The summed E-state index contributed by atoms with van der Waals surface area (Å²) in [7, 11) is 1.34. The van der Waals surface area contributed by atoms with Gasteiger partial charge in [0.2, 0.25) is 0 Å². The number of carbonyl (C=O) groups excluding carboxylic acids is 1. The van der Waals surface area contributed by atoms with Gasteiger partial charge in [0.1, 0.15) is 6.10 Å². The summed E-state index contributed by atoms with van der Waals surface area (Å²) in [6.07, 6.45) is 10.8. The summed E-state index contributed by atoms with van der Waals surface area (Å²) >= 11 is 0. The molecule has 1 unspecified atom stereocenters. The molecule has 1 aromatic rings. The fraction of sp³-hybridized carbons (Fsp3) is 0.389. The molecule has 116 valence electrons. The average molecular weight is 300 g/mol. The highest BCUT2D eigenvalue weighted by molar-refractivity contribution is 5.81. The van der Waals surface area contributed by atoms with E-state index >= 15 is 0 Å². The molecule has 1 saturated heterocycles. The SMILES string of the molecule is C#Cc1ccc([C@@H](/C=C/C(=O)OC)OC2CCCCO2)cc1. The van der Waals surface area contributed by atoms with E-state index < -0.39 is 5.97 Å². The first-order valence-electron chi connectivity index (χ1n) is 7.32. The molecule has 0 spiro atoms. The van der Waals surface area contributed by atoms with Gasteiger partial charge in [-0.05, 0) is 43.0 Å². The Morgan fingerprint density at radius 1 is 1.41 bits per heavy atom. The number of hydrogen-bond acceptors (Lipinski definition) is 4. The lowest BCUT2D eigenvalue weighted by molar-refractivity contribution is -0.180. The molecule has 1 aromatic carbocycles. The van der Waals surface area contributed by atoms with Gasteiger partial charge >= 0.3 is 5.97 Å². The van der Waals surface area contributed by atoms with Crippen LogP contribution in [0.1, 0.15) is 36.5 Å². The molecule has 22 heavy (non-hydrogen) atoms.